The molecular formula is C15H14O4S. The molecule has 0 N–H and O–H groups in total. The molecule has 0 aliphatic heterocycles. The van der Waals surface area contributed by atoms with Crippen LogP contribution in [0.2, 0.25) is 0 Å². The lowest BCUT2D eigenvalue weighted by molar-refractivity contribution is 0.0924. The number of Topliss-reactive ketones (excluding diaryl/α,β-unsaturated/α-hetero) is 1. The third-order valence-corrected chi connectivity index (χ3v) is 3.80. The largest absolute Gasteiger partial charge is 0.461 e. The zero-order valence-electron chi connectivity index (χ0n) is 11.2. The van der Waals surface area contributed by atoms with Crippen molar-refractivity contribution in [1.82, 2.24) is 0 Å². The lowest BCUT2D eigenvalue weighted by atomic mass is 10.0. The number of hydrogen-bond acceptors (Lipinski definition) is 5. The molecule has 0 aliphatic carbocycles. The molecule has 0 aliphatic rings. The summed E-state index contributed by atoms with van der Waals surface area (Å²) in [4.78, 5) is 24.8. The molecule has 2 rings (SSSR count). The summed E-state index contributed by atoms with van der Waals surface area (Å²) in [5.41, 5.74) is 0. The summed E-state index contributed by atoms with van der Waals surface area (Å²) in [5, 5.41) is 0. The lowest BCUT2D eigenvalue weighted by Gasteiger charge is -2.11. The van der Waals surface area contributed by atoms with Crippen molar-refractivity contribution in [3.05, 3.63) is 59.3 Å². The predicted octanol–water partition coefficient (Wildman–Crippen LogP) is 3.82. The van der Waals surface area contributed by atoms with Crippen LogP contribution in [0.5, 0.6) is 0 Å². The summed E-state index contributed by atoms with van der Waals surface area (Å²) >= 11 is 1.37. The SMILES string of the molecule is CS/C(=C\C(=O)c1ccco1)[C@H](C)C(=O)c1ccco1. The van der Waals surface area contributed by atoms with E-state index in [1.165, 1.54) is 30.4 Å². The molecule has 0 radical (unpaired) electrons. The van der Waals surface area contributed by atoms with Crippen LogP contribution in [0.4, 0.5) is 0 Å². The number of ketones is 2. The van der Waals surface area contributed by atoms with Crippen LogP contribution in [0.1, 0.15) is 28.0 Å². The Kier molecular flexibility index (Phi) is 4.63. The van der Waals surface area contributed by atoms with E-state index in [-0.39, 0.29) is 17.3 Å². The van der Waals surface area contributed by atoms with Gasteiger partial charge in [0.05, 0.1) is 18.4 Å². The Morgan fingerprint density at radius 1 is 1.15 bits per heavy atom. The van der Waals surface area contributed by atoms with Gasteiger partial charge in [0.15, 0.2) is 11.5 Å². The summed E-state index contributed by atoms with van der Waals surface area (Å²) in [7, 11) is 0. The zero-order chi connectivity index (χ0) is 14.5. The maximum Gasteiger partial charge on any atom is 0.221 e. The predicted molar refractivity (Wildman–Crippen MR) is 76.8 cm³/mol. The van der Waals surface area contributed by atoms with Crippen molar-refractivity contribution in [2.45, 2.75) is 6.92 Å². The average molecular weight is 290 g/mol. The summed E-state index contributed by atoms with van der Waals surface area (Å²) in [5.74, 6) is -0.284. The van der Waals surface area contributed by atoms with Crippen molar-refractivity contribution < 1.29 is 18.4 Å². The minimum Gasteiger partial charge on any atom is -0.461 e. The van der Waals surface area contributed by atoms with E-state index in [2.05, 4.69) is 0 Å². The highest BCUT2D eigenvalue weighted by molar-refractivity contribution is 8.02. The molecule has 0 spiro atoms. The van der Waals surface area contributed by atoms with Crippen molar-refractivity contribution in [2.75, 3.05) is 6.26 Å². The minimum atomic E-state index is -0.435. The third-order valence-electron chi connectivity index (χ3n) is 2.86. The lowest BCUT2D eigenvalue weighted by Crippen LogP contribution is -2.12. The Morgan fingerprint density at radius 2 is 1.75 bits per heavy atom. The summed E-state index contributed by atoms with van der Waals surface area (Å²) in [6, 6.07) is 6.52. The average Bonchev–Trinajstić information content (AvgIpc) is 3.15. The molecule has 0 aromatic carbocycles. The molecule has 0 bridgehead atoms. The van der Waals surface area contributed by atoms with Crippen molar-refractivity contribution in [2.24, 2.45) is 5.92 Å². The molecular weight excluding hydrogens is 276 g/mol. The molecule has 0 saturated heterocycles. The maximum absolute atomic E-state index is 12.2. The molecule has 104 valence electrons. The summed E-state index contributed by atoms with van der Waals surface area (Å²) in [6.07, 6.45) is 6.16. The number of rotatable bonds is 6. The van der Waals surface area contributed by atoms with Crippen molar-refractivity contribution >= 4 is 23.3 Å². The van der Waals surface area contributed by atoms with Gasteiger partial charge in [-0.15, -0.1) is 11.8 Å². The van der Waals surface area contributed by atoms with Crippen LogP contribution in [0.25, 0.3) is 0 Å². The zero-order valence-corrected chi connectivity index (χ0v) is 12.0. The van der Waals surface area contributed by atoms with Gasteiger partial charge in [-0.25, -0.2) is 0 Å². The molecule has 0 amide bonds. The number of hydrogen-bond donors (Lipinski definition) is 0. The first-order valence-corrected chi connectivity index (χ1v) is 7.27. The van der Waals surface area contributed by atoms with Gasteiger partial charge >= 0.3 is 0 Å². The van der Waals surface area contributed by atoms with Crippen molar-refractivity contribution in [3.8, 4) is 0 Å². The normalized spacial score (nSPS) is 13.2. The second-order valence-electron chi connectivity index (χ2n) is 4.16. The Balaban J connectivity index is 2.19. The maximum atomic E-state index is 12.2. The Hall–Kier alpha value is -2.01. The fourth-order valence-electron chi connectivity index (χ4n) is 1.74. The first kappa shape index (κ1) is 14.4. The molecule has 0 unspecified atom stereocenters. The van der Waals surface area contributed by atoms with Gasteiger partial charge in [0.25, 0.3) is 0 Å². The van der Waals surface area contributed by atoms with E-state index in [0.717, 1.165) is 0 Å². The molecule has 4 nitrogen and oxygen atoms in total. The minimum absolute atomic E-state index is 0.150. The van der Waals surface area contributed by atoms with Gasteiger partial charge in [-0.3, -0.25) is 9.59 Å². The molecule has 0 saturated carbocycles. The first-order chi connectivity index (χ1) is 9.63. The molecule has 2 heterocycles. The third kappa shape index (κ3) is 3.11. The molecule has 5 heteroatoms. The van der Waals surface area contributed by atoms with Crippen LogP contribution in [0, 0.1) is 5.92 Å². The quantitative estimate of drug-likeness (QED) is 0.598. The fourth-order valence-corrected chi connectivity index (χ4v) is 2.43. The highest BCUT2D eigenvalue weighted by Gasteiger charge is 2.22. The van der Waals surface area contributed by atoms with Crippen LogP contribution in [0.15, 0.2) is 56.6 Å². The second-order valence-corrected chi connectivity index (χ2v) is 5.04. The van der Waals surface area contributed by atoms with Gasteiger partial charge in [0.2, 0.25) is 11.6 Å². The van der Waals surface area contributed by atoms with Gasteiger partial charge in [-0.2, -0.15) is 0 Å². The Bertz CT molecular complexity index is 608. The van der Waals surface area contributed by atoms with Gasteiger partial charge in [-0.1, -0.05) is 6.92 Å². The van der Waals surface area contributed by atoms with E-state index in [9.17, 15) is 9.59 Å². The smallest absolute Gasteiger partial charge is 0.221 e. The van der Waals surface area contributed by atoms with E-state index in [4.69, 9.17) is 8.83 Å². The molecule has 0 fully saturated rings. The van der Waals surface area contributed by atoms with Crippen LogP contribution >= 0.6 is 11.8 Å². The van der Waals surface area contributed by atoms with Crippen molar-refractivity contribution in [3.63, 3.8) is 0 Å². The van der Waals surface area contributed by atoms with Gasteiger partial charge in [0.1, 0.15) is 0 Å². The number of carbonyl (C=O) groups excluding carboxylic acids is 2. The van der Waals surface area contributed by atoms with Crippen molar-refractivity contribution in [1.29, 1.82) is 0 Å². The summed E-state index contributed by atoms with van der Waals surface area (Å²) in [6.45, 7) is 1.75. The van der Waals surface area contributed by atoms with E-state index < -0.39 is 5.92 Å². The van der Waals surface area contributed by atoms with E-state index in [1.807, 2.05) is 6.26 Å². The second kappa shape index (κ2) is 6.43. The molecule has 20 heavy (non-hydrogen) atoms. The highest BCUT2D eigenvalue weighted by atomic mass is 32.2. The van der Waals surface area contributed by atoms with Crippen LogP contribution in [-0.2, 0) is 0 Å². The van der Waals surface area contributed by atoms with Gasteiger partial charge < -0.3 is 8.83 Å². The van der Waals surface area contributed by atoms with E-state index in [1.54, 1.807) is 31.2 Å². The van der Waals surface area contributed by atoms with E-state index >= 15 is 0 Å². The highest BCUT2D eigenvalue weighted by Crippen LogP contribution is 2.26. The summed E-state index contributed by atoms with van der Waals surface area (Å²) < 4.78 is 10.1. The number of furan rings is 2. The van der Waals surface area contributed by atoms with Crippen LogP contribution < -0.4 is 0 Å². The topological polar surface area (TPSA) is 60.4 Å². The van der Waals surface area contributed by atoms with Gasteiger partial charge in [0, 0.05) is 0 Å². The molecule has 2 aromatic rings. The monoisotopic (exact) mass is 290 g/mol. The molecule has 2 aromatic heterocycles. The Morgan fingerprint density at radius 3 is 2.25 bits per heavy atom. The number of allylic oxidation sites excluding steroid dienone is 2. The standard InChI is InChI=1S/C15H14O4S/c1-10(15(17)13-6-4-8-19-13)14(20-2)9-11(16)12-5-3-7-18-12/h3-10H,1-2H3/b14-9-/t10-/m0/s1. The molecule has 1 atom stereocenters. The Labute approximate surface area is 120 Å². The van der Waals surface area contributed by atoms with Crippen LogP contribution in [0.3, 0.4) is 0 Å². The fraction of sp³-hybridized carbons (Fsp3) is 0.200. The number of carbonyl (C=O) groups is 2. The van der Waals surface area contributed by atoms with Gasteiger partial charge in [-0.05, 0) is 41.5 Å². The first-order valence-electron chi connectivity index (χ1n) is 6.04. The number of thioether (sulfide) groups is 1. The van der Waals surface area contributed by atoms with Crippen LogP contribution in [-0.4, -0.2) is 17.8 Å². The van der Waals surface area contributed by atoms with E-state index in [0.29, 0.717) is 10.7 Å².